The van der Waals surface area contributed by atoms with Crippen LogP contribution in [0.4, 0.5) is 22.0 Å². The molecule has 2 aromatic carbocycles. The van der Waals surface area contributed by atoms with Crippen LogP contribution in [0.1, 0.15) is 11.1 Å². The molecule has 182 valence electrons. The van der Waals surface area contributed by atoms with Gasteiger partial charge in [0.05, 0.1) is 37.2 Å². The SMILES string of the molecule is COc1ccc(-c2ncc(Cn3cc4nc(-c5cccc(F)c5F)nc-4cn3)cn2)c(C(F)(F)F)c1. The van der Waals surface area contributed by atoms with Crippen molar-refractivity contribution in [3.63, 3.8) is 0 Å². The number of halogens is 5. The van der Waals surface area contributed by atoms with Crippen molar-refractivity contribution >= 4 is 0 Å². The Morgan fingerprint density at radius 3 is 2.36 bits per heavy atom. The van der Waals surface area contributed by atoms with Crippen molar-refractivity contribution in [2.45, 2.75) is 12.7 Å². The Morgan fingerprint density at radius 1 is 0.889 bits per heavy atom. The van der Waals surface area contributed by atoms with Crippen molar-refractivity contribution < 1.29 is 26.7 Å². The highest BCUT2D eigenvalue weighted by molar-refractivity contribution is 5.65. The Labute approximate surface area is 200 Å². The van der Waals surface area contributed by atoms with E-state index in [4.69, 9.17) is 4.74 Å². The molecule has 0 atom stereocenters. The maximum atomic E-state index is 14.1. The third kappa shape index (κ3) is 4.44. The topological polar surface area (TPSA) is 78.6 Å². The predicted octanol–water partition coefficient (Wildman–Crippen LogP) is 5.26. The summed E-state index contributed by atoms with van der Waals surface area (Å²) in [5, 5.41) is 4.22. The van der Waals surface area contributed by atoms with Crippen molar-refractivity contribution in [3.8, 4) is 39.9 Å². The van der Waals surface area contributed by atoms with E-state index in [0.717, 1.165) is 12.1 Å². The minimum Gasteiger partial charge on any atom is -0.497 e. The summed E-state index contributed by atoms with van der Waals surface area (Å²) in [5.74, 6) is -2.05. The average Bonchev–Trinajstić information content (AvgIpc) is 3.28. The molecule has 12 heteroatoms. The van der Waals surface area contributed by atoms with E-state index in [2.05, 4.69) is 25.0 Å². The normalized spacial score (nSPS) is 11.7. The molecule has 0 unspecified atom stereocenters. The summed E-state index contributed by atoms with van der Waals surface area (Å²) < 4.78 is 74.6. The van der Waals surface area contributed by atoms with Crippen LogP contribution < -0.4 is 4.74 Å². The fraction of sp³-hybridized carbons (Fsp3) is 0.125. The molecule has 2 aliphatic heterocycles. The predicted molar refractivity (Wildman–Crippen MR) is 118 cm³/mol. The Hall–Kier alpha value is -4.48. The molecule has 0 saturated carbocycles. The molecule has 0 amide bonds. The fourth-order valence-electron chi connectivity index (χ4n) is 3.59. The number of hydrogen-bond donors (Lipinski definition) is 0. The van der Waals surface area contributed by atoms with Gasteiger partial charge in [0.25, 0.3) is 0 Å². The zero-order valence-electron chi connectivity index (χ0n) is 18.5. The number of alkyl halides is 3. The molecule has 0 bridgehead atoms. The molecule has 0 saturated heterocycles. The van der Waals surface area contributed by atoms with Crippen LogP contribution in [0.15, 0.2) is 61.2 Å². The number of imidazole rings is 1. The second-order valence-corrected chi connectivity index (χ2v) is 7.71. The fourth-order valence-corrected chi connectivity index (χ4v) is 3.59. The molecule has 0 spiro atoms. The Kier molecular flexibility index (Phi) is 5.78. The van der Waals surface area contributed by atoms with E-state index in [1.807, 2.05) is 0 Å². The first-order valence-electron chi connectivity index (χ1n) is 10.4. The van der Waals surface area contributed by atoms with Crippen molar-refractivity contribution in [2.24, 2.45) is 0 Å². The number of methoxy groups -OCH3 is 1. The lowest BCUT2D eigenvalue weighted by Gasteiger charge is -2.13. The van der Waals surface area contributed by atoms with Crippen molar-refractivity contribution in [2.75, 3.05) is 7.11 Å². The maximum Gasteiger partial charge on any atom is 0.417 e. The van der Waals surface area contributed by atoms with Gasteiger partial charge in [-0.1, -0.05) is 6.07 Å². The van der Waals surface area contributed by atoms with Crippen molar-refractivity contribution in [1.82, 2.24) is 29.7 Å². The van der Waals surface area contributed by atoms with Crippen LogP contribution in [-0.4, -0.2) is 36.8 Å². The average molecular weight is 498 g/mol. The van der Waals surface area contributed by atoms with E-state index in [1.165, 1.54) is 54.6 Å². The highest BCUT2D eigenvalue weighted by atomic mass is 19.4. The lowest BCUT2D eigenvalue weighted by atomic mass is 10.1. The third-order valence-electron chi connectivity index (χ3n) is 5.33. The molecule has 1 aromatic heterocycles. The van der Waals surface area contributed by atoms with E-state index in [-0.39, 0.29) is 35.1 Å². The Morgan fingerprint density at radius 2 is 1.64 bits per heavy atom. The van der Waals surface area contributed by atoms with Crippen LogP contribution in [0.3, 0.4) is 0 Å². The summed E-state index contributed by atoms with van der Waals surface area (Å²) in [6.07, 6.45) is 1.16. The Bertz CT molecular complexity index is 1520. The van der Waals surface area contributed by atoms with Gasteiger partial charge in [0.1, 0.15) is 17.1 Å². The molecular weight excluding hydrogens is 483 g/mol. The van der Waals surface area contributed by atoms with Gasteiger partial charge in [-0.15, -0.1) is 0 Å². The van der Waals surface area contributed by atoms with Crippen LogP contribution in [0.25, 0.3) is 34.2 Å². The molecule has 0 fully saturated rings. The highest BCUT2D eigenvalue weighted by Gasteiger charge is 2.35. The van der Waals surface area contributed by atoms with E-state index in [9.17, 15) is 22.0 Å². The molecule has 7 nitrogen and oxygen atoms in total. The van der Waals surface area contributed by atoms with Gasteiger partial charge in [-0.05, 0) is 30.3 Å². The second kappa shape index (κ2) is 8.95. The zero-order valence-corrected chi connectivity index (χ0v) is 18.5. The molecule has 0 aliphatic carbocycles. The monoisotopic (exact) mass is 498 g/mol. The minimum atomic E-state index is -4.62. The van der Waals surface area contributed by atoms with E-state index < -0.39 is 23.4 Å². The minimum absolute atomic E-state index is 0.0224. The molecule has 2 aliphatic rings. The van der Waals surface area contributed by atoms with Crippen LogP contribution in [0.2, 0.25) is 0 Å². The summed E-state index contributed by atoms with van der Waals surface area (Å²) in [4.78, 5) is 16.7. The van der Waals surface area contributed by atoms with Crippen LogP contribution >= 0.6 is 0 Å². The smallest absolute Gasteiger partial charge is 0.417 e. The first-order valence-corrected chi connectivity index (χ1v) is 10.4. The summed E-state index contributed by atoms with van der Waals surface area (Å²) in [7, 11) is 1.28. The molecule has 5 rings (SSSR count). The highest BCUT2D eigenvalue weighted by Crippen LogP contribution is 2.38. The first kappa shape index (κ1) is 23.3. The van der Waals surface area contributed by atoms with Crippen LogP contribution in [0.5, 0.6) is 5.75 Å². The summed E-state index contributed by atoms with van der Waals surface area (Å²) >= 11 is 0. The third-order valence-corrected chi connectivity index (χ3v) is 5.33. The van der Waals surface area contributed by atoms with Gasteiger partial charge in [0, 0.05) is 23.5 Å². The largest absolute Gasteiger partial charge is 0.497 e. The van der Waals surface area contributed by atoms with Crippen molar-refractivity contribution in [1.29, 1.82) is 0 Å². The van der Waals surface area contributed by atoms with E-state index >= 15 is 0 Å². The van der Waals surface area contributed by atoms with Gasteiger partial charge >= 0.3 is 6.18 Å². The molecule has 0 N–H and O–H groups in total. The van der Waals surface area contributed by atoms with Gasteiger partial charge in [-0.3, -0.25) is 4.68 Å². The van der Waals surface area contributed by atoms with E-state index in [0.29, 0.717) is 17.0 Å². The Balaban J connectivity index is 1.40. The van der Waals surface area contributed by atoms with Crippen LogP contribution in [0, 0.1) is 11.6 Å². The molecule has 36 heavy (non-hydrogen) atoms. The number of hydrogen-bond acceptors (Lipinski definition) is 6. The molecule has 3 aromatic rings. The van der Waals surface area contributed by atoms with Gasteiger partial charge < -0.3 is 4.74 Å². The van der Waals surface area contributed by atoms with E-state index in [1.54, 1.807) is 6.20 Å². The molecular formula is C24H15F5N6O. The first-order chi connectivity index (χ1) is 17.2. The standard InChI is InChI=1S/C24H15F5N6O/c1-36-14-5-6-15(17(7-14)24(27,28)29)22-30-8-13(9-31-22)11-35-12-20-19(10-32-35)33-23(34-20)16-3-2-4-18(25)21(16)26/h2-10,12H,11H2,1H3. The van der Waals surface area contributed by atoms with Gasteiger partial charge in [0.2, 0.25) is 0 Å². The maximum absolute atomic E-state index is 14.1. The van der Waals surface area contributed by atoms with Gasteiger partial charge in [0.15, 0.2) is 23.3 Å². The number of ether oxygens (including phenoxy) is 1. The lowest BCUT2D eigenvalue weighted by Crippen LogP contribution is -2.09. The van der Waals surface area contributed by atoms with Gasteiger partial charge in [-0.25, -0.2) is 28.7 Å². The molecule has 0 radical (unpaired) electrons. The zero-order chi connectivity index (χ0) is 25.4. The second-order valence-electron chi connectivity index (χ2n) is 7.71. The quantitative estimate of drug-likeness (QED) is 0.308. The number of rotatable bonds is 5. The van der Waals surface area contributed by atoms with Crippen LogP contribution in [-0.2, 0) is 12.7 Å². The lowest BCUT2D eigenvalue weighted by molar-refractivity contribution is -0.137. The summed E-state index contributed by atoms with van der Waals surface area (Å²) in [6.45, 7) is 0.182. The number of benzene rings is 2. The summed E-state index contributed by atoms with van der Waals surface area (Å²) in [5.41, 5.74) is 0.194. The van der Waals surface area contributed by atoms with Gasteiger partial charge in [-0.2, -0.15) is 18.3 Å². The molecule has 3 heterocycles. The van der Waals surface area contributed by atoms with Crippen molar-refractivity contribution in [3.05, 3.63) is 83.9 Å². The number of aromatic nitrogens is 6. The number of fused-ring (bicyclic) bond motifs is 1. The summed E-state index contributed by atoms with van der Waals surface area (Å²) in [6, 6.07) is 7.30. The number of nitrogens with zero attached hydrogens (tertiary/aromatic N) is 6.